The molecule has 0 aromatic heterocycles. The standard InChI is InChI=1S/C19H35N5O7/c1-8(2)6-11(20)16(27)22-12(7-13(21)26)17(28)23-14(9(3)4)18(29)24-15(10(5)25)19(30)31/h8-12,14-15,25H,6-7,20H2,1-5H3,(H2,21,26)(H,22,27)(H,23,28)(H,24,29)(H,30,31). The number of aliphatic carboxylic acids is 1. The fourth-order valence-electron chi connectivity index (χ4n) is 2.72. The molecule has 0 heterocycles. The van der Waals surface area contributed by atoms with E-state index in [1.165, 1.54) is 6.92 Å². The second-order valence-electron chi connectivity index (χ2n) is 8.26. The zero-order valence-corrected chi connectivity index (χ0v) is 18.5. The van der Waals surface area contributed by atoms with E-state index in [1.807, 2.05) is 13.8 Å². The van der Waals surface area contributed by atoms with Crippen LogP contribution in [0.15, 0.2) is 0 Å². The van der Waals surface area contributed by atoms with Gasteiger partial charge in [0.1, 0.15) is 12.1 Å². The molecule has 0 bridgehead atoms. The number of carboxylic acid groups (broad SMARTS) is 1. The molecule has 0 aliphatic heterocycles. The number of nitrogens with two attached hydrogens (primary N) is 2. The summed E-state index contributed by atoms with van der Waals surface area (Å²) in [5, 5.41) is 25.6. The molecular formula is C19H35N5O7. The summed E-state index contributed by atoms with van der Waals surface area (Å²) in [7, 11) is 0. The molecule has 178 valence electrons. The lowest BCUT2D eigenvalue weighted by Crippen LogP contribution is -2.60. The van der Waals surface area contributed by atoms with E-state index in [0.29, 0.717) is 6.42 Å². The van der Waals surface area contributed by atoms with Crippen LogP contribution in [-0.2, 0) is 24.0 Å². The molecule has 5 unspecified atom stereocenters. The maximum atomic E-state index is 12.7. The van der Waals surface area contributed by atoms with Crippen LogP contribution in [0.4, 0.5) is 0 Å². The van der Waals surface area contributed by atoms with Crippen LogP contribution >= 0.6 is 0 Å². The van der Waals surface area contributed by atoms with E-state index in [2.05, 4.69) is 16.0 Å². The number of hydrogen-bond donors (Lipinski definition) is 7. The van der Waals surface area contributed by atoms with Gasteiger partial charge in [-0.15, -0.1) is 0 Å². The molecule has 0 fully saturated rings. The number of nitrogens with one attached hydrogen (secondary N) is 3. The highest BCUT2D eigenvalue weighted by molar-refractivity contribution is 5.96. The van der Waals surface area contributed by atoms with Gasteiger partial charge in [-0.25, -0.2) is 4.79 Å². The predicted octanol–water partition coefficient (Wildman–Crippen LogP) is -2.19. The van der Waals surface area contributed by atoms with E-state index in [1.54, 1.807) is 13.8 Å². The van der Waals surface area contributed by atoms with Crippen molar-refractivity contribution in [2.75, 3.05) is 0 Å². The smallest absolute Gasteiger partial charge is 0.328 e. The number of carbonyl (C=O) groups is 5. The number of rotatable bonds is 13. The van der Waals surface area contributed by atoms with Crippen LogP contribution in [0, 0.1) is 11.8 Å². The number of amides is 4. The SMILES string of the molecule is CC(C)CC(N)C(=O)NC(CC(N)=O)C(=O)NC(C(=O)NC(C(=O)O)C(C)O)C(C)C. The van der Waals surface area contributed by atoms with Gasteiger partial charge in [-0.1, -0.05) is 27.7 Å². The van der Waals surface area contributed by atoms with Crippen LogP contribution in [0.5, 0.6) is 0 Å². The number of carboxylic acids is 1. The fourth-order valence-corrected chi connectivity index (χ4v) is 2.72. The molecule has 4 amide bonds. The van der Waals surface area contributed by atoms with E-state index < -0.39 is 72.2 Å². The molecule has 0 aliphatic rings. The Bertz CT molecular complexity index is 666. The molecule has 5 atom stereocenters. The van der Waals surface area contributed by atoms with Gasteiger partial charge in [-0.2, -0.15) is 0 Å². The molecule has 0 aromatic rings. The average Bonchev–Trinajstić information content (AvgIpc) is 2.61. The average molecular weight is 446 g/mol. The number of carbonyl (C=O) groups excluding carboxylic acids is 4. The first-order chi connectivity index (χ1) is 14.2. The minimum Gasteiger partial charge on any atom is -0.480 e. The van der Waals surface area contributed by atoms with Crippen molar-refractivity contribution in [3.63, 3.8) is 0 Å². The minimum atomic E-state index is -1.58. The second-order valence-corrected chi connectivity index (χ2v) is 8.26. The lowest BCUT2D eigenvalue weighted by Gasteiger charge is -2.27. The number of primary amides is 1. The van der Waals surface area contributed by atoms with Crippen LogP contribution < -0.4 is 27.4 Å². The summed E-state index contributed by atoms with van der Waals surface area (Å²) in [5.74, 6) is -5.03. The largest absolute Gasteiger partial charge is 0.480 e. The molecule has 0 aliphatic carbocycles. The zero-order valence-electron chi connectivity index (χ0n) is 18.5. The van der Waals surface area contributed by atoms with Gasteiger partial charge in [0, 0.05) is 0 Å². The number of aliphatic hydroxyl groups is 1. The summed E-state index contributed by atoms with van der Waals surface area (Å²) in [6, 6.07) is -5.07. The van der Waals surface area contributed by atoms with E-state index in [0.717, 1.165) is 0 Å². The minimum absolute atomic E-state index is 0.120. The van der Waals surface area contributed by atoms with Gasteiger partial charge in [0.15, 0.2) is 6.04 Å². The summed E-state index contributed by atoms with van der Waals surface area (Å²) >= 11 is 0. The van der Waals surface area contributed by atoms with Gasteiger partial charge in [0.05, 0.1) is 18.6 Å². The monoisotopic (exact) mass is 445 g/mol. The summed E-state index contributed by atoms with van der Waals surface area (Å²) in [4.78, 5) is 60.1. The maximum absolute atomic E-state index is 12.7. The van der Waals surface area contributed by atoms with Gasteiger partial charge < -0.3 is 37.6 Å². The summed E-state index contributed by atoms with van der Waals surface area (Å²) in [6.45, 7) is 8.13. The van der Waals surface area contributed by atoms with Gasteiger partial charge in [-0.3, -0.25) is 19.2 Å². The first-order valence-corrected chi connectivity index (χ1v) is 10.0. The van der Waals surface area contributed by atoms with Crippen LogP contribution in [0.2, 0.25) is 0 Å². The molecule has 0 radical (unpaired) electrons. The highest BCUT2D eigenvalue weighted by Gasteiger charge is 2.33. The Morgan fingerprint density at radius 1 is 0.839 bits per heavy atom. The topological polar surface area (TPSA) is 214 Å². The van der Waals surface area contributed by atoms with Gasteiger partial charge in [-0.05, 0) is 25.2 Å². The zero-order chi connectivity index (χ0) is 24.5. The number of aliphatic hydroxyl groups excluding tert-OH is 1. The normalized spacial score (nSPS) is 16.0. The molecule has 0 spiro atoms. The first kappa shape index (κ1) is 28.3. The fraction of sp³-hybridized carbons (Fsp3) is 0.737. The summed E-state index contributed by atoms with van der Waals surface area (Å²) < 4.78 is 0. The van der Waals surface area contributed by atoms with E-state index in [4.69, 9.17) is 16.6 Å². The molecule has 0 aromatic carbocycles. The van der Waals surface area contributed by atoms with Crippen LogP contribution in [0.1, 0.15) is 47.5 Å². The molecule has 0 saturated heterocycles. The van der Waals surface area contributed by atoms with Gasteiger partial charge >= 0.3 is 5.97 Å². The van der Waals surface area contributed by atoms with Crippen molar-refractivity contribution in [1.29, 1.82) is 0 Å². The number of hydrogen-bond acceptors (Lipinski definition) is 7. The summed E-state index contributed by atoms with van der Waals surface area (Å²) in [5.41, 5.74) is 11.0. The summed E-state index contributed by atoms with van der Waals surface area (Å²) in [6.07, 6.45) is -1.55. The Balaban J connectivity index is 5.43. The molecule has 9 N–H and O–H groups in total. The van der Waals surface area contributed by atoms with Crippen LogP contribution in [0.25, 0.3) is 0 Å². The predicted molar refractivity (Wildman–Crippen MR) is 111 cm³/mol. The lowest BCUT2D eigenvalue weighted by atomic mass is 10.0. The third kappa shape index (κ3) is 10.2. The second kappa shape index (κ2) is 12.8. The van der Waals surface area contributed by atoms with Crippen molar-refractivity contribution in [2.45, 2.75) is 77.7 Å². The van der Waals surface area contributed by atoms with Crippen molar-refractivity contribution in [3.05, 3.63) is 0 Å². The Morgan fingerprint density at radius 2 is 1.35 bits per heavy atom. The highest BCUT2D eigenvalue weighted by Crippen LogP contribution is 2.07. The molecule has 12 nitrogen and oxygen atoms in total. The van der Waals surface area contributed by atoms with Crippen molar-refractivity contribution in [1.82, 2.24) is 16.0 Å². The Morgan fingerprint density at radius 3 is 1.74 bits per heavy atom. The van der Waals surface area contributed by atoms with Crippen molar-refractivity contribution >= 4 is 29.6 Å². The molecular weight excluding hydrogens is 410 g/mol. The van der Waals surface area contributed by atoms with Gasteiger partial charge in [0.25, 0.3) is 0 Å². The van der Waals surface area contributed by atoms with E-state index in [-0.39, 0.29) is 5.92 Å². The van der Waals surface area contributed by atoms with Gasteiger partial charge in [0.2, 0.25) is 23.6 Å². The first-order valence-electron chi connectivity index (χ1n) is 10.0. The Hall–Kier alpha value is -2.73. The Kier molecular flexibility index (Phi) is 11.7. The van der Waals surface area contributed by atoms with E-state index >= 15 is 0 Å². The Labute approximate surface area is 181 Å². The molecule has 0 saturated carbocycles. The van der Waals surface area contributed by atoms with Crippen molar-refractivity contribution in [2.24, 2.45) is 23.3 Å². The quantitative estimate of drug-likeness (QED) is 0.165. The van der Waals surface area contributed by atoms with E-state index in [9.17, 15) is 29.1 Å². The molecule has 12 heteroatoms. The lowest BCUT2D eigenvalue weighted by molar-refractivity contribution is -0.145. The molecule has 31 heavy (non-hydrogen) atoms. The van der Waals surface area contributed by atoms with Crippen LogP contribution in [0.3, 0.4) is 0 Å². The molecule has 0 rings (SSSR count). The third-order valence-electron chi connectivity index (χ3n) is 4.39. The van der Waals surface area contributed by atoms with Crippen molar-refractivity contribution < 1.29 is 34.2 Å². The maximum Gasteiger partial charge on any atom is 0.328 e. The van der Waals surface area contributed by atoms with Crippen molar-refractivity contribution in [3.8, 4) is 0 Å². The highest BCUT2D eigenvalue weighted by atomic mass is 16.4. The third-order valence-corrected chi connectivity index (χ3v) is 4.39. The van der Waals surface area contributed by atoms with Crippen LogP contribution in [-0.4, -0.2) is 70.1 Å².